The van der Waals surface area contributed by atoms with Gasteiger partial charge in [-0.1, -0.05) is 30.3 Å². The minimum absolute atomic E-state index is 0.155. The lowest BCUT2D eigenvalue weighted by Crippen LogP contribution is -2.35. The summed E-state index contributed by atoms with van der Waals surface area (Å²) in [4.78, 5) is 18.9. The minimum Gasteiger partial charge on any atom is -0.342 e. The van der Waals surface area contributed by atoms with Crippen LogP contribution in [0.2, 0.25) is 0 Å². The van der Waals surface area contributed by atoms with E-state index in [1.807, 2.05) is 35.2 Å². The van der Waals surface area contributed by atoms with Crippen molar-refractivity contribution in [2.45, 2.75) is 44.2 Å². The number of amides is 1. The zero-order valence-corrected chi connectivity index (χ0v) is 16.1. The van der Waals surface area contributed by atoms with Crippen LogP contribution in [0.3, 0.4) is 0 Å². The second-order valence-corrected chi connectivity index (χ2v) is 7.11. The molecule has 0 aliphatic carbocycles. The van der Waals surface area contributed by atoms with Crippen LogP contribution >= 0.6 is 0 Å². The number of benzene rings is 1. The average molecular weight is 374 g/mol. The molecule has 5 heteroatoms. The molecule has 1 aromatic carbocycles. The highest BCUT2D eigenvalue weighted by atomic mass is 16.2. The lowest BCUT2D eigenvalue weighted by molar-refractivity contribution is -0.131. The lowest BCUT2D eigenvalue weighted by atomic mass is 10.0. The molecule has 144 valence electrons. The van der Waals surface area contributed by atoms with Gasteiger partial charge >= 0.3 is 0 Å². The molecular weight excluding hydrogens is 348 g/mol. The first-order valence-electron chi connectivity index (χ1n) is 9.79. The molecule has 0 N–H and O–H groups in total. The Morgan fingerprint density at radius 3 is 2.21 bits per heavy atom. The molecule has 0 saturated heterocycles. The molecule has 3 rings (SSSR count). The van der Waals surface area contributed by atoms with Crippen molar-refractivity contribution in [1.29, 1.82) is 0 Å². The fourth-order valence-corrected chi connectivity index (χ4v) is 3.22. The Kier molecular flexibility index (Phi) is 6.91. The van der Waals surface area contributed by atoms with E-state index >= 15 is 0 Å². The molecule has 0 bridgehead atoms. The molecule has 1 aliphatic rings. The van der Waals surface area contributed by atoms with Crippen LogP contribution in [0, 0.1) is 12.3 Å². The molecule has 2 aromatic rings. The maximum atomic E-state index is 12.9. The van der Waals surface area contributed by atoms with Gasteiger partial charge in [-0.05, 0) is 36.1 Å². The number of hydrogen-bond acceptors (Lipinski definition) is 4. The molecule has 1 amide bonds. The van der Waals surface area contributed by atoms with Gasteiger partial charge in [0, 0.05) is 51.2 Å². The largest absolute Gasteiger partial charge is 0.342 e. The molecule has 0 radical (unpaired) electrons. The Labute approximate surface area is 166 Å². The standard InChI is InChI=1S/C23H26N4O/c1-2-3-14-23(25-26-23)15-9-22(28)27(18-12-20-7-5-4-6-8-20)19-13-21-10-16-24-17-11-21/h1,4-8,10-11,16-17H,3,9,12-15,18-19H2. The third kappa shape index (κ3) is 6.02. The van der Waals surface area contributed by atoms with E-state index < -0.39 is 5.66 Å². The summed E-state index contributed by atoms with van der Waals surface area (Å²) in [5, 5.41) is 8.28. The van der Waals surface area contributed by atoms with Crippen LogP contribution < -0.4 is 0 Å². The SMILES string of the molecule is C#CCCC1(CCC(=O)N(CCc2ccccc2)CCc2ccncc2)N=N1. The summed E-state index contributed by atoms with van der Waals surface area (Å²) in [7, 11) is 0. The molecule has 0 fully saturated rings. The van der Waals surface area contributed by atoms with E-state index in [0.29, 0.717) is 32.4 Å². The first-order valence-corrected chi connectivity index (χ1v) is 9.79. The van der Waals surface area contributed by atoms with E-state index in [1.165, 1.54) is 11.1 Å². The molecule has 2 heterocycles. The molecular formula is C23H26N4O. The Morgan fingerprint density at radius 2 is 1.61 bits per heavy atom. The second-order valence-electron chi connectivity index (χ2n) is 7.11. The van der Waals surface area contributed by atoms with Crippen molar-refractivity contribution in [2.24, 2.45) is 10.2 Å². The van der Waals surface area contributed by atoms with Gasteiger partial charge in [-0.3, -0.25) is 9.78 Å². The predicted molar refractivity (Wildman–Crippen MR) is 110 cm³/mol. The molecule has 1 aromatic heterocycles. The van der Waals surface area contributed by atoms with Crippen molar-refractivity contribution in [3.8, 4) is 12.3 Å². The quantitative estimate of drug-likeness (QED) is 0.557. The van der Waals surface area contributed by atoms with Gasteiger partial charge in [0.25, 0.3) is 0 Å². The summed E-state index contributed by atoms with van der Waals surface area (Å²) < 4.78 is 0. The van der Waals surface area contributed by atoms with Crippen LogP contribution in [0.25, 0.3) is 0 Å². The summed E-state index contributed by atoms with van der Waals surface area (Å²) in [6, 6.07) is 14.3. The van der Waals surface area contributed by atoms with Gasteiger partial charge in [0.05, 0.1) is 0 Å². The number of pyridine rings is 1. The maximum Gasteiger partial charge on any atom is 0.222 e. The van der Waals surface area contributed by atoms with Gasteiger partial charge in [0.1, 0.15) is 0 Å². The Morgan fingerprint density at radius 1 is 0.964 bits per heavy atom. The molecule has 0 spiro atoms. The van der Waals surface area contributed by atoms with Gasteiger partial charge in [-0.25, -0.2) is 0 Å². The van der Waals surface area contributed by atoms with Crippen LogP contribution in [0.1, 0.15) is 36.8 Å². The maximum absolute atomic E-state index is 12.9. The zero-order chi connectivity index (χ0) is 19.7. The third-order valence-electron chi connectivity index (χ3n) is 5.08. The van der Waals surface area contributed by atoms with Gasteiger partial charge in [0.2, 0.25) is 5.91 Å². The fraction of sp³-hybridized carbons (Fsp3) is 0.391. The van der Waals surface area contributed by atoms with Crippen molar-refractivity contribution < 1.29 is 4.79 Å². The van der Waals surface area contributed by atoms with E-state index in [9.17, 15) is 4.79 Å². The molecule has 0 atom stereocenters. The monoisotopic (exact) mass is 374 g/mol. The van der Waals surface area contributed by atoms with Crippen molar-refractivity contribution in [2.75, 3.05) is 13.1 Å². The smallest absolute Gasteiger partial charge is 0.222 e. The summed E-state index contributed by atoms with van der Waals surface area (Å²) in [5.41, 5.74) is 2.02. The Balaban J connectivity index is 1.56. The minimum atomic E-state index is -0.405. The topological polar surface area (TPSA) is 57.9 Å². The van der Waals surface area contributed by atoms with Crippen molar-refractivity contribution in [3.63, 3.8) is 0 Å². The lowest BCUT2D eigenvalue weighted by Gasteiger charge is -2.23. The van der Waals surface area contributed by atoms with Gasteiger partial charge in [-0.15, -0.1) is 12.3 Å². The van der Waals surface area contributed by atoms with E-state index in [4.69, 9.17) is 6.42 Å². The molecule has 5 nitrogen and oxygen atoms in total. The van der Waals surface area contributed by atoms with E-state index in [0.717, 1.165) is 19.3 Å². The number of rotatable bonds is 11. The number of hydrogen-bond donors (Lipinski definition) is 0. The highest BCUT2D eigenvalue weighted by molar-refractivity contribution is 5.76. The predicted octanol–water partition coefficient (Wildman–Crippen LogP) is 4.05. The number of carbonyl (C=O) groups is 1. The number of nitrogens with zero attached hydrogens (tertiary/aromatic N) is 4. The van der Waals surface area contributed by atoms with Crippen molar-refractivity contribution in [1.82, 2.24) is 9.88 Å². The van der Waals surface area contributed by atoms with Gasteiger partial charge in [-0.2, -0.15) is 10.2 Å². The van der Waals surface area contributed by atoms with Crippen molar-refractivity contribution >= 4 is 5.91 Å². The molecule has 0 saturated carbocycles. The number of aromatic nitrogens is 1. The van der Waals surface area contributed by atoms with Gasteiger partial charge in [0.15, 0.2) is 5.66 Å². The summed E-state index contributed by atoms with van der Waals surface area (Å²) in [5.74, 6) is 2.79. The number of terminal acetylenes is 1. The molecule has 28 heavy (non-hydrogen) atoms. The highest BCUT2D eigenvalue weighted by Gasteiger charge is 2.39. The Bertz CT molecular complexity index is 777. The normalized spacial score (nSPS) is 13.7. The summed E-state index contributed by atoms with van der Waals surface area (Å²) in [6.45, 7) is 1.40. The molecule has 1 aliphatic heterocycles. The Hall–Kier alpha value is -3.00. The first kappa shape index (κ1) is 19.8. The molecule has 0 unspecified atom stereocenters. The van der Waals surface area contributed by atoms with E-state index in [1.54, 1.807) is 12.4 Å². The van der Waals surface area contributed by atoms with E-state index in [2.05, 4.69) is 33.3 Å². The van der Waals surface area contributed by atoms with Crippen LogP contribution in [-0.2, 0) is 17.6 Å². The first-order chi connectivity index (χ1) is 13.7. The fourth-order valence-electron chi connectivity index (χ4n) is 3.22. The van der Waals surface area contributed by atoms with Crippen LogP contribution in [0.15, 0.2) is 65.1 Å². The zero-order valence-electron chi connectivity index (χ0n) is 16.1. The van der Waals surface area contributed by atoms with E-state index in [-0.39, 0.29) is 5.91 Å². The summed E-state index contributed by atoms with van der Waals surface area (Å²) >= 11 is 0. The van der Waals surface area contributed by atoms with Crippen LogP contribution in [0.5, 0.6) is 0 Å². The van der Waals surface area contributed by atoms with Crippen molar-refractivity contribution in [3.05, 3.63) is 66.0 Å². The summed E-state index contributed by atoms with van der Waals surface area (Å²) in [6.07, 6.45) is 13.1. The highest BCUT2D eigenvalue weighted by Crippen LogP contribution is 2.37. The number of carbonyl (C=O) groups excluding carboxylic acids is 1. The third-order valence-corrected chi connectivity index (χ3v) is 5.08. The van der Waals surface area contributed by atoms with Crippen LogP contribution in [0.4, 0.5) is 0 Å². The van der Waals surface area contributed by atoms with Crippen LogP contribution in [-0.4, -0.2) is 34.5 Å². The second kappa shape index (κ2) is 9.80. The van der Waals surface area contributed by atoms with Gasteiger partial charge < -0.3 is 4.90 Å². The average Bonchev–Trinajstić information content (AvgIpc) is 3.52.